The summed E-state index contributed by atoms with van der Waals surface area (Å²) in [5.74, 6) is 2.11. The van der Waals surface area contributed by atoms with Crippen LogP contribution in [0, 0.1) is 25.7 Å². The van der Waals surface area contributed by atoms with Crippen LogP contribution in [0.2, 0.25) is 0 Å². The van der Waals surface area contributed by atoms with Crippen LogP contribution in [-0.4, -0.2) is 35.7 Å². The van der Waals surface area contributed by atoms with E-state index in [1.54, 1.807) is 0 Å². The second-order valence-electron chi connectivity index (χ2n) is 6.57. The van der Waals surface area contributed by atoms with Crippen molar-refractivity contribution < 1.29 is 5.11 Å². The number of likely N-dealkylation sites (tertiary alicyclic amines) is 1. The molecule has 1 aromatic carbocycles. The lowest BCUT2D eigenvalue weighted by Crippen LogP contribution is -2.34. The molecule has 110 valence electrons. The fourth-order valence-corrected chi connectivity index (χ4v) is 4.23. The van der Waals surface area contributed by atoms with Crippen molar-refractivity contribution in [3.05, 3.63) is 28.8 Å². The minimum absolute atomic E-state index is 0.447. The summed E-state index contributed by atoms with van der Waals surface area (Å²) in [7, 11) is 0. The van der Waals surface area contributed by atoms with Crippen LogP contribution in [0.1, 0.15) is 30.0 Å². The van der Waals surface area contributed by atoms with Crippen molar-refractivity contribution in [3.8, 4) is 5.75 Å². The van der Waals surface area contributed by atoms with E-state index in [4.69, 9.17) is 0 Å². The van der Waals surface area contributed by atoms with E-state index in [1.807, 2.05) is 13.8 Å². The quantitative estimate of drug-likeness (QED) is 0.888. The monoisotopic (exact) mass is 274 g/mol. The molecule has 2 heterocycles. The molecule has 2 saturated heterocycles. The molecule has 0 amide bonds. The van der Waals surface area contributed by atoms with E-state index >= 15 is 0 Å². The molecule has 3 nitrogen and oxygen atoms in total. The molecule has 2 N–H and O–H groups in total. The molecule has 0 aliphatic carbocycles. The molecule has 2 aliphatic rings. The first kappa shape index (κ1) is 13.9. The van der Waals surface area contributed by atoms with Crippen molar-refractivity contribution in [3.63, 3.8) is 0 Å². The number of hydrogen-bond donors (Lipinski definition) is 2. The van der Waals surface area contributed by atoms with Crippen molar-refractivity contribution in [1.29, 1.82) is 0 Å². The van der Waals surface area contributed by atoms with Gasteiger partial charge < -0.3 is 10.4 Å². The Balaban J connectivity index is 1.77. The van der Waals surface area contributed by atoms with Crippen molar-refractivity contribution in [2.45, 2.75) is 39.8 Å². The summed E-state index contributed by atoms with van der Waals surface area (Å²) in [4.78, 5) is 2.65. The van der Waals surface area contributed by atoms with Crippen LogP contribution in [0.5, 0.6) is 5.75 Å². The maximum Gasteiger partial charge on any atom is 0.121 e. The third kappa shape index (κ3) is 2.33. The first-order valence-corrected chi connectivity index (χ1v) is 7.84. The van der Waals surface area contributed by atoms with Crippen LogP contribution in [0.4, 0.5) is 0 Å². The predicted octanol–water partition coefficient (Wildman–Crippen LogP) is 2.44. The average Bonchev–Trinajstić information content (AvgIpc) is 2.96. The summed E-state index contributed by atoms with van der Waals surface area (Å²) >= 11 is 0. The van der Waals surface area contributed by atoms with Gasteiger partial charge in [-0.1, -0.05) is 19.1 Å². The predicted molar refractivity (Wildman–Crippen MR) is 81.9 cm³/mol. The first-order valence-electron chi connectivity index (χ1n) is 7.84. The van der Waals surface area contributed by atoms with E-state index in [9.17, 15) is 5.11 Å². The van der Waals surface area contributed by atoms with Crippen LogP contribution in [0.15, 0.2) is 12.1 Å². The molecule has 2 aliphatic heterocycles. The zero-order valence-electron chi connectivity index (χ0n) is 12.8. The smallest absolute Gasteiger partial charge is 0.121 e. The molecule has 20 heavy (non-hydrogen) atoms. The lowest BCUT2D eigenvalue weighted by molar-refractivity contribution is 0.210. The fourth-order valence-electron chi connectivity index (χ4n) is 4.23. The van der Waals surface area contributed by atoms with Gasteiger partial charge in [0.15, 0.2) is 0 Å². The highest BCUT2D eigenvalue weighted by atomic mass is 16.3. The van der Waals surface area contributed by atoms with Crippen LogP contribution in [0.25, 0.3) is 0 Å². The van der Waals surface area contributed by atoms with Crippen LogP contribution < -0.4 is 5.32 Å². The molecule has 0 bridgehead atoms. The molecule has 2 fully saturated rings. The Hall–Kier alpha value is -1.06. The summed E-state index contributed by atoms with van der Waals surface area (Å²) in [6.07, 6.45) is 1.24. The molecule has 1 aromatic rings. The number of rotatable bonds is 3. The molecule has 0 radical (unpaired) electrons. The average molecular weight is 274 g/mol. The van der Waals surface area contributed by atoms with E-state index in [1.165, 1.54) is 31.6 Å². The molecular formula is C17H26N2O. The fraction of sp³-hybridized carbons (Fsp3) is 0.647. The molecule has 0 saturated carbocycles. The van der Waals surface area contributed by atoms with Crippen molar-refractivity contribution in [1.82, 2.24) is 10.2 Å². The van der Waals surface area contributed by atoms with Crippen molar-refractivity contribution in [2.75, 3.05) is 19.6 Å². The van der Waals surface area contributed by atoms with Crippen LogP contribution in [-0.2, 0) is 6.54 Å². The van der Waals surface area contributed by atoms with Crippen LogP contribution in [0.3, 0.4) is 0 Å². The zero-order valence-corrected chi connectivity index (χ0v) is 12.8. The zero-order chi connectivity index (χ0) is 14.3. The molecule has 3 rings (SSSR count). The van der Waals surface area contributed by atoms with E-state index in [0.29, 0.717) is 11.8 Å². The van der Waals surface area contributed by atoms with Gasteiger partial charge in [0.05, 0.1) is 0 Å². The third-order valence-electron chi connectivity index (χ3n) is 5.18. The van der Waals surface area contributed by atoms with Gasteiger partial charge in [0.2, 0.25) is 0 Å². The lowest BCUT2D eigenvalue weighted by Gasteiger charge is -2.27. The molecule has 3 heteroatoms. The number of benzene rings is 1. The molecule has 0 aromatic heterocycles. The number of phenolic OH excluding ortho intramolecular Hbond substituents is 1. The third-order valence-corrected chi connectivity index (χ3v) is 5.18. The van der Waals surface area contributed by atoms with Crippen LogP contribution >= 0.6 is 0 Å². The Labute approximate surface area is 122 Å². The van der Waals surface area contributed by atoms with Crippen molar-refractivity contribution >= 4 is 0 Å². The van der Waals surface area contributed by atoms with Gasteiger partial charge in [0.25, 0.3) is 0 Å². The van der Waals surface area contributed by atoms with E-state index < -0.39 is 0 Å². The molecular weight excluding hydrogens is 248 g/mol. The summed E-state index contributed by atoms with van der Waals surface area (Å²) < 4.78 is 0. The van der Waals surface area contributed by atoms with Gasteiger partial charge in [0.1, 0.15) is 5.75 Å². The van der Waals surface area contributed by atoms with Gasteiger partial charge in [0, 0.05) is 19.1 Å². The Morgan fingerprint density at radius 3 is 2.60 bits per heavy atom. The molecule has 3 atom stereocenters. The Bertz CT molecular complexity index is 477. The summed E-state index contributed by atoms with van der Waals surface area (Å²) in [6.45, 7) is 10.9. The Morgan fingerprint density at radius 2 is 1.95 bits per heavy atom. The second kappa shape index (κ2) is 5.38. The highest BCUT2D eigenvalue weighted by molar-refractivity contribution is 5.42. The summed E-state index contributed by atoms with van der Waals surface area (Å²) in [5, 5.41) is 13.4. The maximum atomic E-state index is 9.90. The summed E-state index contributed by atoms with van der Waals surface area (Å²) in [5.41, 5.74) is 3.33. The van der Waals surface area contributed by atoms with Gasteiger partial charge in [-0.15, -0.1) is 0 Å². The highest BCUT2D eigenvalue weighted by Crippen LogP contribution is 2.35. The number of nitrogens with zero attached hydrogens (tertiary/aromatic N) is 1. The van der Waals surface area contributed by atoms with Gasteiger partial charge >= 0.3 is 0 Å². The highest BCUT2D eigenvalue weighted by Gasteiger charge is 2.42. The largest absolute Gasteiger partial charge is 0.507 e. The Morgan fingerprint density at radius 1 is 1.25 bits per heavy atom. The molecule has 0 spiro atoms. The maximum absolute atomic E-state index is 9.90. The number of aryl methyl sites for hydroxylation is 2. The SMILES string of the molecule is CCC1C2CNCC2CN1Cc1cc(C)c(O)c(C)c1. The lowest BCUT2D eigenvalue weighted by atomic mass is 9.93. The summed E-state index contributed by atoms with van der Waals surface area (Å²) in [6, 6.07) is 4.99. The van der Waals surface area contributed by atoms with E-state index in [-0.39, 0.29) is 0 Å². The van der Waals surface area contributed by atoms with Crippen molar-refractivity contribution in [2.24, 2.45) is 11.8 Å². The van der Waals surface area contributed by atoms with E-state index in [2.05, 4.69) is 29.3 Å². The number of fused-ring (bicyclic) bond motifs is 1. The second-order valence-corrected chi connectivity index (χ2v) is 6.57. The number of nitrogens with one attached hydrogen (secondary N) is 1. The van der Waals surface area contributed by atoms with Gasteiger partial charge in [-0.05, 0) is 61.9 Å². The topological polar surface area (TPSA) is 35.5 Å². The van der Waals surface area contributed by atoms with Gasteiger partial charge in [-0.25, -0.2) is 0 Å². The Kier molecular flexibility index (Phi) is 3.74. The molecule has 3 unspecified atom stereocenters. The normalized spacial score (nSPS) is 29.9. The first-order chi connectivity index (χ1) is 9.60. The minimum atomic E-state index is 0.447. The van der Waals surface area contributed by atoms with E-state index in [0.717, 1.165) is 29.5 Å². The van der Waals surface area contributed by atoms with Gasteiger partial charge in [-0.3, -0.25) is 4.90 Å². The number of phenols is 1. The number of hydrogen-bond acceptors (Lipinski definition) is 3. The number of aromatic hydroxyl groups is 1. The standard InChI is InChI=1S/C17H26N2O/c1-4-16-15-8-18-7-14(15)10-19(16)9-13-5-11(2)17(20)12(3)6-13/h5-6,14-16,18,20H,4,7-10H2,1-3H3. The van der Waals surface area contributed by atoms with Gasteiger partial charge in [-0.2, -0.15) is 0 Å². The minimum Gasteiger partial charge on any atom is -0.507 e.